The third-order valence-corrected chi connectivity index (χ3v) is 5.22. The molecule has 0 N–H and O–H groups in total. The Morgan fingerprint density at radius 2 is 2.04 bits per heavy atom. The number of carbonyl (C=O) groups excluding carboxylic acids is 1. The molecular weight excluding hydrogens is 335 g/mol. The van der Waals surface area contributed by atoms with Crippen molar-refractivity contribution in [1.29, 1.82) is 0 Å². The minimum atomic E-state index is -0.324. The van der Waals surface area contributed by atoms with Gasteiger partial charge in [0.15, 0.2) is 0 Å². The van der Waals surface area contributed by atoms with E-state index in [4.69, 9.17) is 9.15 Å². The zero-order valence-electron chi connectivity index (χ0n) is 14.6. The monoisotopic (exact) mass is 358 g/mol. The van der Waals surface area contributed by atoms with E-state index in [-0.39, 0.29) is 30.2 Å². The Labute approximate surface area is 152 Å². The molecule has 26 heavy (non-hydrogen) atoms. The van der Waals surface area contributed by atoms with Crippen molar-refractivity contribution in [2.24, 2.45) is 5.92 Å². The van der Waals surface area contributed by atoms with Crippen molar-refractivity contribution in [2.45, 2.75) is 19.1 Å². The Bertz CT molecular complexity index is 749. The summed E-state index contributed by atoms with van der Waals surface area (Å²) in [5, 5.41) is 0. The lowest BCUT2D eigenvalue weighted by Crippen LogP contribution is -2.34. The summed E-state index contributed by atoms with van der Waals surface area (Å²) in [5.74, 6) is 0.852. The molecule has 0 saturated carbocycles. The summed E-state index contributed by atoms with van der Waals surface area (Å²) < 4.78 is 25.2. The molecule has 0 spiro atoms. The lowest BCUT2D eigenvalue weighted by atomic mass is 10.1. The maximum absolute atomic E-state index is 13.8. The minimum Gasteiger partial charge on any atom is -0.468 e. The van der Waals surface area contributed by atoms with Crippen LogP contribution in [-0.2, 0) is 22.5 Å². The van der Waals surface area contributed by atoms with Crippen molar-refractivity contribution < 1.29 is 18.3 Å². The first-order valence-corrected chi connectivity index (χ1v) is 9.06. The van der Waals surface area contributed by atoms with Gasteiger partial charge < -0.3 is 14.1 Å². The Kier molecular flexibility index (Phi) is 5.04. The fourth-order valence-corrected chi connectivity index (χ4v) is 3.85. The van der Waals surface area contributed by atoms with Crippen molar-refractivity contribution >= 4 is 5.91 Å². The second kappa shape index (κ2) is 7.60. The van der Waals surface area contributed by atoms with Crippen LogP contribution < -0.4 is 0 Å². The van der Waals surface area contributed by atoms with Crippen molar-refractivity contribution in [3.05, 3.63) is 59.8 Å². The molecule has 2 aliphatic rings. The fraction of sp³-hybridized carbons (Fsp3) is 0.450. The molecule has 0 aliphatic carbocycles. The van der Waals surface area contributed by atoms with Crippen molar-refractivity contribution in [3.8, 4) is 0 Å². The lowest BCUT2D eigenvalue weighted by Gasteiger charge is -2.22. The number of fused-ring (bicyclic) bond motifs is 1. The number of hydrogen-bond donors (Lipinski definition) is 0. The van der Waals surface area contributed by atoms with Gasteiger partial charge in [0.2, 0.25) is 5.91 Å². The summed E-state index contributed by atoms with van der Waals surface area (Å²) in [5.41, 5.74) is 0.449. The van der Waals surface area contributed by atoms with E-state index in [9.17, 15) is 9.18 Å². The summed E-state index contributed by atoms with van der Waals surface area (Å²) in [6.07, 6.45) is 1.84. The molecule has 2 fully saturated rings. The van der Waals surface area contributed by atoms with E-state index in [2.05, 4.69) is 4.90 Å². The van der Waals surface area contributed by atoms with Crippen LogP contribution in [0.2, 0.25) is 0 Å². The highest BCUT2D eigenvalue weighted by molar-refractivity contribution is 5.79. The van der Waals surface area contributed by atoms with E-state index < -0.39 is 0 Å². The Morgan fingerprint density at radius 1 is 1.15 bits per heavy atom. The molecule has 2 saturated heterocycles. The number of nitrogens with zero attached hydrogens (tertiary/aromatic N) is 2. The van der Waals surface area contributed by atoms with Gasteiger partial charge in [-0.25, -0.2) is 4.39 Å². The number of rotatable bonds is 4. The highest BCUT2D eigenvalue weighted by atomic mass is 19.1. The number of hydrogen-bond acceptors (Lipinski definition) is 4. The van der Waals surface area contributed by atoms with Crippen LogP contribution in [-0.4, -0.2) is 54.6 Å². The predicted molar refractivity (Wildman–Crippen MR) is 93.9 cm³/mol. The largest absolute Gasteiger partial charge is 0.468 e. The third-order valence-electron chi connectivity index (χ3n) is 5.22. The zero-order chi connectivity index (χ0) is 17.9. The van der Waals surface area contributed by atoms with E-state index in [0.29, 0.717) is 25.3 Å². The maximum atomic E-state index is 13.8. The quantitative estimate of drug-likeness (QED) is 0.842. The molecule has 3 heterocycles. The van der Waals surface area contributed by atoms with Gasteiger partial charge in [-0.2, -0.15) is 0 Å². The molecule has 0 radical (unpaired) electrons. The van der Waals surface area contributed by atoms with Gasteiger partial charge in [0.25, 0.3) is 0 Å². The first-order valence-electron chi connectivity index (χ1n) is 9.06. The third kappa shape index (κ3) is 3.81. The minimum absolute atomic E-state index is 0.0376. The van der Waals surface area contributed by atoms with Gasteiger partial charge in [0.1, 0.15) is 11.6 Å². The van der Waals surface area contributed by atoms with E-state index in [0.717, 1.165) is 25.4 Å². The first-order chi connectivity index (χ1) is 12.7. The van der Waals surface area contributed by atoms with Gasteiger partial charge in [-0.1, -0.05) is 18.2 Å². The Hall–Kier alpha value is -2.18. The normalized spacial score (nSPS) is 23.7. The Balaban J connectivity index is 1.37. The average molecular weight is 358 g/mol. The van der Waals surface area contributed by atoms with Crippen LogP contribution in [0.15, 0.2) is 47.1 Å². The van der Waals surface area contributed by atoms with Gasteiger partial charge in [0, 0.05) is 32.1 Å². The van der Waals surface area contributed by atoms with Gasteiger partial charge in [-0.3, -0.25) is 9.69 Å². The summed E-state index contributed by atoms with van der Waals surface area (Å²) >= 11 is 0. The molecule has 4 rings (SSSR count). The molecule has 2 aliphatic heterocycles. The molecule has 6 heteroatoms. The number of likely N-dealkylation sites (tertiary alicyclic amines) is 1. The lowest BCUT2D eigenvalue weighted by molar-refractivity contribution is -0.130. The highest BCUT2D eigenvalue weighted by Crippen LogP contribution is 2.25. The fourth-order valence-electron chi connectivity index (χ4n) is 3.85. The van der Waals surface area contributed by atoms with E-state index >= 15 is 0 Å². The molecule has 0 unspecified atom stereocenters. The number of ether oxygens (including phenoxy) is 1. The predicted octanol–water partition coefficient (Wildman–Crippen LogP) is 2.32. The van der Waals surface area contributed by atoms with Gasteiger partial charge in [0.05, 0.1) is 31.9 Å². The molecule has 1 aromatic heterocycles. The van der Waals surface area contributed by atoms with Crippen molar-refractivity contribution in [2.75, 3.05) is 32.8 Å². The molecule has 2 aromatic rings. The first kappa shape index (κ1) is 17.2. The van der Waals surface area contributed by atoms with Crippen LogP contribution in [0, 0.1) is 11.7 Å². The molecule has 2 atom stereocenters. The number of halogens is 1. The maximum Gasteiger partial charge on any atom is 0.227 e. The number of amides is 1. The molecule has 0 bridgehead atoms. The summed E-state index contributed by atoms with van der Waals surface area (Å²) in [7, 11) is 0. The van der Waals surface area contributed by atoms with Crippen LogP contribution in [0.3, 0.4) is 0 Å². The Morgan fingerprint density at radius 3 is 2.85 bits per heavy atom. The smallest absolute Gasteiger partial charge is 0.227 e. The molecule has 5 nitrogen and oxygen atoms in total. The molecule has 1 amide bonds. The van der Waals surface area contributed by atoms with Crippen molar-refractivity contribution in [3.63, 3.8) is 0 Å². The SMILES string of the molecule is O=C(Cc1ccccc1F)N1C[C@H]2CN(Cc3ccco3)CCO[C@H]2C1. The van der Waals surface area contributed by atoms with Crippen LogP contribution in [0.4, 0.5) is 4.39 Å². The molecule has 138 valence electrons. The van der Waals surface area contributed by atoms with Crippen LogP contribution in [0.1, 0.15) is 11.3 Å². The van der Waals surface area contributed by atoms with E-state index in [1.807, 2.05) is 17.0 Å². The zero-order valence-corrected chi connectivity index (χ0v) is 14.6. The average Bonchev–Trinajstić information content (AvgIpc) is 3.24. The van der Waals surface area contributed by atoms with E-state index in [1.54, 1.807) is 24.5 Å². The standard InChI is InChI=1S/C20H23FN2O3/c21-18-6-2-1-4-15(18)10-20(24)23-12-16-11-22(7-9-26-19(16)14-23)13-17-5-3-8-25-17/h1-6,8,16,19H,7,9-14H2/t16-,19+/m1/s1. The number of furan rings is 1. The number of carbonyl (C=O) groups is 1. The second-order valence-electron chi connectivity index (χ2n) is 7.05. The second-order valence-corrected chi connectivity index (χ2v) is 7.05. The van der Waals surface area contributed by atoms with Gasteiger partial charge in [-0.15, -0.1) is 0 Å². The molecule has 1 aromatic carbocycles. The summed E-state index contributed by atoms with van der Waals surface area (Å²) in [4.78, 5) is 16.7. The van der Waals surface area contributed by atoms with Crippen LogP contribution >= 0.6 is 0 Å². The number of benzene rings is 1. The topological polar surface area (TPSA) is 45.9 Å². The van der Waals surface area contributed by atoms with Crippen molar-refractivity contribution in [1.82, 2.24) is 9.80 Å². The van der Waals surface area contributed by atoms with Gasteiger partial charge in [-0.05, 0) is 23.8 Å². The van der Waals surface area contributed by atoms with Gasteiger partial charge >= 0.3 is 0 Å². The summed E-state index contributed by atoms with van der Waals surface area (Å²) in [6.45, 7) is 4.38. The van der Waals surface area contributed by atoms with Crippen LogP contribution in [0.25, 0.3) is 0 Å². The highest BCUT2D eigenvalue weighted by Gasteiger charge is 2.38. The summed E-state index contributed by atoms with van der Waals surface area (Å²) in [6, 6.07) is 10.3. The van der Waals surface area contributed by atoms with E-state index in [1.165, 1.54) is 6.07 Å². The van der Waals surface area contributed by atoms with Crippen LogP contribution in [0.5, 0.6) is 0 Å². The molecular formula is C20H23FN2O3.